The van der Waals surface area contributed by atoms with Gasteiger partial charge in [0, 0.05) is 27.5 Å². The molecule has 0 radical (unpaired) electrons. The first kappa shape index (κ1) is 13.6. The number of aromatic nitrogens is 1. The van der Waals surface area contributed by atoms with Gasteiger partial charge in [0.2, 0.25) is 0 Å². The molecule has 0 spiro atoms. The minimum atomic E-state index is -0.390. The van der Waals surface area contributed by atoms with Crippen LogP contribution in [0.2, 0.25) is 0 Å². The average molecular weight is 352 g/mol. The Morgan fingerprint density at radius 1 is 1.62 bits per heavy atom. The van der Waals surface area contributed by atoms with Crippen LogP contribution in [0.15, 0.2) is 16.7 Å². The Kier molecular flexibility index (Phi) is 4.86. The highest BCUT2D eigenvalue weighted by Gasteiger charge is 2.25. The smallest absolute Gasteiger partial charge is 0.258 e. The van der Waals surface area contributed by atoms with Gasteiger partial charge in [-0.25, -0.2) is 0 Å². The van der Waals surface area contributed by atoms with Crippen LogP contribution in [0.1, 0.15) is 31.9 Å². The first-order chi connectivity index (χ1) is 7.47. The molecule has 0 saturated carbocycles. The molecule has 1 rings (SSSR count). The SMILES string of the molecule is CCC(Br)C(C)c1ncc(Br)cc1[N+](=O)[O-]. The normalized spacial score (nSPS) is 14.5. The largest absolute Gasteiger partial charge is 0.292 e. The van der Waals surface area contributed by atoms with E-state index in [0.29, 0.717) is 10.2 Å². The third-order valence-electron chi connectivity index (χ3n) is 2.42. The fraction of sp³-hybridized carbons (Fsp3) is 0.500. The molecule has 0 amide bonds. The molecule has 0 N–H and O–H groups in total. The molecule has 16 heavy (non-hydrogen) atoms. The van der Waals surface area contributed by atoms with Crippen molar-refractivity contribution in [1.29, 1.82) is 0 Å². The molecule has 0 bridgehead atoms. The quantitative estimate of drug-likeness (QED) is 0.467. The standard InChI is InChI=1S/C10H12Br2N2O2/c1-3-8(12)6(2)10-9(14(15)16)4-7(11)5-13-10/h4-6,8H,3H2,1-2H3. The van der Waals surface area contributed by atoms with Crippen LogP contribution in [-0.2, 0) is 0 Å². The second-order valence-electron chi connectivity index (χ2n) is 3.53. The van der Waals surface area contributed by atoms with Crippen LogP contribution < -0.4 is 0 Å². The molecular weight excluding hydrogens is 340 g/mol. The number of hydrogen-bond donors (Lipinski definition) is 0. The fourth-order valence-corrected chi connectivity index (χ4v) is 2.03. The Labute approximate surface area is 111 Å². The van der Waals surface area contributed by atoms with Crippen molar-refractivity contribution in [1.82, 2.24) is 4.98 Å². The monoisotopic (exact) mass is 350 g/mol. The van der Waals surface area contributed by atoms with E-state index in [4.69, 9.17) is 0 Å². The van der Waals surface area contributed by atoms with E-state index in [1.54, 1.807) is 6.20 Å². The van der Waals surface area contributed by atoms with E-state index in [-0.39, 0.29) is 21.4 Å². The molecule has 0 fully saturated rings. The molecule has 0 aliphatic rings. The number of rotatable bonds is 4. The van der Waals surface area contributed by atoms with Crippen LogP contribution in [-0.4, -0.2) is 14.7 Å². The Morgan fingerprint density at radius 2 is 2.25 bits per heavy atom. The van der Waals surface area contributed by atoms with Gasteiger partial charge < -0.3 is 0 Å². The molecule has 0 aromatic carbocycles. The van der Waals surface area contributed by atoms with Crippen molar-refractivity contribution in [3.8, 4) is 0 Å². The van der Waals surface area contributed by atoms with E-state index in [1.807, 2.05) is 13.8 Å². The van der Waals surface area contributed by atoms with Crippen molar-refractivity contribution in [2.24, 2.45) is 0 Å². The lowest BCUT2D eigenvalue weighted by Gasteiger charge is -2.15. The fourth-order valence-electron chi connectivity index (χ4n) is 1.46. The van der Waals surface area contributed by atoms with E-state index in [9.17, 15) is 10.1 Å². The summed E-state index contributed by atoms with van der Waals surface area (Å²) >= 11 is 6.70. The lowest BCUT2D eigenvalue weighted by atomic mass is 10.0. The molecular formula is C10H12Br2N2O2. The highest BCUT2D eigenvalue weighted by molar-refractivity contribution is 9.10. The van der Waals surface area contributed by atoms with Crippen molar-refractivity contribution >= 4 is 37.5 Å². The predicted molar refractivity (Wildman–Crippen MR) is 70.0 cm³/mol. The highest BCUT2D eigenvalue weighted by atomic mass is 79.9. The second-order valence-corrected chi connectivity index (χ2v) is 5.62. The third kappa shape index (κ3) is 3.01. The Bertz CT molecular complexity index is 398. The summed E-state index contributed by atoms with van der Waals surface area (Å²) in [5, 5.41) is 10.9. The Morgan fingerprint density at radius 3 is 2.75 bits per heavy atom. The van der Waals surface area contributed by atoms with E-state index in [0.717, 1.165) is 6.42 Å². The maximum atomic E-state index is 10.9. The van der Waals surface area contributed by atoms with Gasteiger partial charge in [-0.05, 0) is 22.4 Å². The number of nitro groups is 1. The van der Waals surface area contributed by atoms with Gasteiger partial charge in [0.25, 0.3) is 5.69 Å². The maximum Gasteiger partial charge on any atom is 0.292 e. The zero-order chi connectivity index (χ0) is 12.3. The molecule has 1 aromatic rings. The van der Waals surface area contributed by atoms with Gasteiger partial charge in [-0.2, -0.15) is 0 Å². The van der Waals surface area contributed by atoms with Crippen LogP contribution in [0.3, 0.4) is 0 Å². The van der Waals surface area contributed by atoms with Crippen molar-refractivity contribution < 1.29 is 4.92 Å². The first-order valence-electron chi connectivity index (χ1n) is 4.91. The second kappa shape index (κ2) is 5.72. The van der Waals surface area contributed by atoms with Crippen molar-refractivity contribution in [3.63, 3.8) is 0 Å². The van der Waals surface area contributed by atoms with Crippen molar-refractivity contribution in [2.75, 3.05) is 0 Å². The summed E-state index contributed by atoms with van der Waals surface area (Å²) in [4.78, 5) is 14.9. The lowest BCUT2D eigenvalue weighted by Crippen LogP contribution is -2.11. The van der Waals surface area contributed by atoms with Gasteiger partial charge in [-0.15, -0.1) is 0 Å². The Balaban J connectivity index is 3.17. The lowest BCUT2D eigenvalue weighted by molar-refractivity contribution is -0.386. The average Bonchev–Trinajstić information content (AvgIpc) is 2.26. The molecule has 2 unspecified atom stereocenters. The molecule has 1 heterocycles. The summed E-state index contributed by atoms with van der Waals surface area (Å²) in [5.41, 5.74) is 0.594. The van der Waals surface area contributed by atoms with Crippen LogP contribution >= 0.6 is 31.9 Å². The topological polar surface area (TPSA) is 56.0 Å². The highest BCUT2D eigenvalue weighted by Crippen LogP contribution is 2.32. The summed E-state index contributed by atoms with van der Waals surface area (Å²) in [7, 11) is 0. The maximum absolute atomic E-state index is 10.9. The van der Waals surface area contributed by atoms with Gasteiger partial charge in [0.15, 0.2) is 0 Å². The summed E-state index contributed by atoms with van der Waals surface area (Å²) < 4.78 is 0.623. The van der Waals surface area contributed by atoms with E-state index in [2.05, 4.69) is 36.8 Å². The van der Waals surface area contributed by atoms with Gasteiger partial charge in [-0.1, -0.05) is 29.8 Å². The van der Waals surface area contributed by atoms with E-state index >= 15 is 0 Å². The van der Waals surface area contributed by atoms with Crippen LogP contribution in [0.5, 0.6) is 0 Å². The van der Waals surface area contributed by atoms with Crippen molar-refractivity contribution in [2.45, 2.75) is 31.0 Å². The van der Waals surface area contributed by atoms with Gasteiger partial charge >= 0.3 is 0 Å². The molecule has 0 aliphatic heterocycles. The zero-order valence-corrected chi connectivity index (χ0v) is 12.2. The first-order valence-corrected chi connectivity index (χ1v) is 6.62. The number of alkyl halides is 1. The third-order valence-corrected chi connectivity index (χ3v) is 4.30. The minimum absolute atomic E-state index is 0.0125. The summed E-state index contributed by atoms with van der Waals surface area (Å²) in [6.45, 7) is 3.97. The van der Waals surface area contributed by atoms with Gasteiger partial charge in [0.1, 0.15) is 5.69 Å². The zero-order valence-electron chi connectivity index (χ0n) is 8.98. The summed E-state index contributed by atoms with van der Waals surface area (Å²) in [6, 6.07) is 1.49. The molecule has 0 aliphatic carbocycles. The molecule has 6 heteroatoms. The summed E-state index contributed by atoms with van der Waals surface area (Å²) in [6.07, 6.45) is 2.49. The van der Waals surface area contributed by atoms with Gasteiger partial charge in [0.05, 0.1) is 4.92 Å². The van der Waals surface area contributed by atoms with E-state index in [1.165, 1.54) is 6.07 Å². The van der Waals surface area contributed by atoms with Crippen LogP contribution in [0, 0.1) is 10.1 Å². The van der Waals surface area contributed by atoms with Crippen LogP contribution in [0.4, 0.5) is 5.69 Å². The van der Waals surface area contributed by atoms with Crippen molar-refractivity contribution in [3.05, 3.63) is 32.5 Å². The summed E-state index contributed by atoms with van der Waals surface area (Å²) in [5.74, 6) is 0.0125. The minimum Gasteiger partial charge on any atom is -0.258 e. The molecule has 2 atom stereocenters. The molecule has 0 saturated heterocycles. The molecule has 1 aromatic heterocycles. The van der Waals surface area contributed by atoms with E-state index < -0.39 is 0 Å². The molecule has 4 nitrogen and oxygen atoms in total. The number of hydrogen-bond acceptors (Lipinski definition) is 3. The van der Waals surface area contributed by atoms with Gasteiger partial charge in [-0.3, -0.25) is 15.1 Å². The Hall–Kier alpha value is -0.490. The number of pyridine rings is 1. The number of halogens is 2. The predicted octanol–water partition coefficient (Wildman–Crippen LogP) is 4.03. The van der Waals surface area contributed by atoms with Crippen LogP contribution in [0.25, 0.3) is 0 Å². The number of nitrogens with zero attached hydrogens (tertiary/aromatic N) is 2. The molecule has 88 valence electrons.